The van der Waals surface area contributed by atoms with E-state index >= 15 is 0 Å². The number of aryl methyl sites for hydroxylation is 1. The van der Waals surface area contributed by atoms with Crippen molar-refractivity contribution in [1.29, 1.82) is 0 Å². The van der Waals surface area contributed by atoms with Gasteiger partial charge in [-0.05, 0) is 6.92 Å². The van der Waals surface area contributed by atoms with Gasteiger partial charge in [-0.2, -0.15) is 0 Å². The molecule has 0 spiro atoms. The van der Waals surface area contributed by atoms with Crippen LogP contribution in [0, 0.1) is 6.92 Å². The fraction of sp³-hybridized carbons (Fsp3) is 0.300. The Morgan fingerprint density at radius 3 is 2.94 bits per heavy atom. The molecule has 6 nitrogen and oxygen atoms in total. The fourth-order valence-electron chi connectivity index (χ4n) is 1.44. The van der Waals surface area contributed by atoms with Gasteiger partial charge in [0.1, 0.15) is 18.0 Å². The number of nitrogens with one attached hydrogen (secondary N) is 1. The Morgan fingerprint density at radius 2 is 2.29 bits per heavy atom. The molecule has 7 heteroatoms. The highest BCUT2D eigenvalue weighted by Gasteiger charge is 2.06. The normalized spacial score (nSPS) is 10.3. The first-order chi connectivity index (χ1) is 8.19. The fourth-order valence-corrected chi connectivity index (χ4v) is 2.04. The highest BCUT2D eigenvalue weighted by molar-refractivity contribution is 7.09. The summed E-state index contributed by atoms with van der Waals surface area (Å²) in [5.74, 6) is 6.70. The topological polar surface area (TPSA) is 80.0 Å². The Balaban J connectivity index is 2.11. The molecule has 0 aliphatic carbocycles. The van der Waals surface area contributed by atoms with Crippen LogP contribution in [-0.4, -0.2) is 22.0 Å². The molecule has 0 unspecified atom stereocenters. The molecule has 0 amide bonds. The van der Waals surface area contributed by atoms with Crippen molar-refractivity contribution in [3.8, 4) is 0 Å². The molecule has 0 aromatic carbocycles. The van der Waals surface area contributed by atoms with Crippen LogP contribution < -0.4 is 16.2 Å². The number of rotatable bonds is 4. The average Bonchev–Trinajstić information content (AvgIpc) is 2.75. The summed E-state index contributed by atoms with van der Waals surface area (Å²) in [6.07, 6.45) is 1.48. The Kier molecular flexibility index (Phi) is 3.50. The van der Waals surface area contributed by atoms with Crippen LogP contribution in [0.15, 0.2) is 17.8 Å². The summed E-state index contributed by atoms with van der Waals surface area (Å²) in [6, 6.07) is 1.79. The number of aromatic nitrogens is 3. The lowest BCUT2D eigenvalue weighted by molar-refractivity contribution is 0.865. The Bertz CT molecular complexity index is 497. The molecule has 2 rings (SSSR count). The van der Waals surface area contributed by atoms with Crippen LogP contribution >= 0.6 is 11.3 Å². The minimum Gasteiger partial charge on any atom is -0.354 e. The van der Waals surface area contributed by atoms with Gasteiger partial charge in [0.2, 0.25) is 0 Å². The van der Waals surface area contributed by atoms with Gasteiger partial charge >= 0.3 is 0 Å². The molecule has 17 heavy (non-hydrogen) atoms. The zero-order valence-corrected chi connectivity index (χ0v) is 10.5. The van der Waals surface area contributed by atoms with E-state index in [9.17, 15) is 0 Å². The second-order valence-corrected chi connectivity index (χ2v) is 4.68. The molecular formula is C10H14N6S. The Hall–Kier alpha value is -1.73. The van der Waals surface area contributed by atoms with Crippen molar-refractivity contribution in [3.05, 3.63) is 28.5 Å². The van der Waals surface area contributed by atoms with E-state index in [1.54, 1.807) is 17.4 Å². The molecule has 2 heterocycles. The molecule has 0 saturated carbocycles. The van der Waals surface area contributed by atoms with Gasteiger partial charge in [-0.3, -0.25) is 0 Å². The zero-order chi connectivity index (χ0) is 12.3. The minimum absolute atomic E-state index is 0.594. The number of thiazole rings is 1. The summed E-state index contributed by atoms with van der Waals surface area (Å²) in [4.78, 5) is 14.6. The zero-order valence-electron chi connectivity index (χ0n) is 9.71. The summed E-state index contributed by atoms with van der Waals surface area (Å²) >= 11 is 1.65. The van der Waals surface area contributed by atoms with E-state index in [-0.39, 0.29) is 0 Å². The predicted octanol–water partition coefficient (Wildman–Crippen LogP) is 1.16. The quantitative estimate of drug-likeness (QED) is 0.626. The van der Waals surface area contributed by atoms with Crippen molar-refractivity contribution in [2.75, 3.05) is 17.4 Å². The van der Waals surface area contributed by atoms with Crippen LogP contribution in [0.2, 0.25) is 0 Å². The van der Waals surface area contributed by atoms with Crippen molar-refractivity contribution < 1.29 is 0 Å². The van der Waals surface area contributed by atoms with E-state index in [0.29, 0.717) is 12.4 Å². The van der Waals surface area contributed by atoms with Crippen molar-refractivity contribution in [2.24, 2.45) is 5.84 Å². The number of hydrogen-bond acceptors (Lipinski definition) is 7. The van der Waals surface area contributed by atoms with Gasteiger partial charge < -0.3 is 10.3 Å². The highest BCUT2D eigenvalue weighted by atomic mass is 32.1. The highest BCUT2D eigenvalue weighted by Crippen LogP contribution is 2.16. The van der Waals surface area contributed by atoms with Gasteiger partial charge in [-0.15, -0.1) is 11.3 Å². The molecule has 0 atom stereocenters. The third-order valence-corrected chi connectivity index (χ3v) is 3.08. The Morgan fingerprint density at radius 1 is 1.47 bits per heavy atom. The maximum Gasteiger partial charge on any atom is 0.145 e. The summed E-state index contributed by atoms with van der Waals surface area (Å²) < 4.78 is 0. The molecule has 0 aliphatic heterocycles. The molecule has 2 aromatic rings. The Labute approximate surface area is 104 Å². The third-order valence-electron chi connectivity index (χ3n) is 2.26. The molecule has 90 valence electrons. The lowest BCUT2D eigenvalue weighted by Crippen LogP contribution is -2.19. The van der Waals surface area contributed by atoms with Crippen LogP contribution in [0.1, 0.15) is 10.7 Å². The van der Waals surface area contributed by atoms with Crippen molar-refractivity contribution in [1.82, 2.24) is 15.0 Å². The predicted molar refractivity (Wildman–Crippen MR) is 68.8 cm³/mol. The van der Waals surface area contributed by atoms with Gasteiger partial charge in [0.15, 0.2) is 0 Å². The molecule has 3 N–H and O–H groups in total. The second kappa shape index (κ2) is 5.07. The summed E-state index contributed by atoms with van der Waals surface area (Å²) in [6.45, 7) is 2.71. The number of nitrogen functional groups attached to an aromatic ring is 1. The van der Waals surface area contributed by atoms with Crippen molar-refractivity contribution >= 4 is 23.0 Å². The number of nitrogens with two attached hydrogens (primary N) is 1. The monoisotopic (exact) mass is 250 g/mol. The maximum absolute atomic E-state index is 5.31. The molecule has 0 radical (unpaired) electrons. The van der Waals surface area contributed by atoms with E-state index in [2.05, 4.69) is 25.8 Å². The summed E-state index contributed by atoms with van der Waals surface area (Å²) in [7, 11) is 1.96. The lowest BCUT2D eigenvalue weighted by atomic mass is 10.4. The first-order valence-corrected chi connectivity index (χ1v) is 5.98. The molecule has 0 fully saturated rings. The maximum atomic E-state index is 5.31. The smallest absolute Gasteiger partial charge is 0.145 e. The first kappa shape index (κ1) is 11.7. The van der Waals surface area contributed by atoms with Gasteiger partial charge in [-0.1, -0.05) is 0 Å². The van der Waals surface area contributed by atoms with Crippen molar-refractivity contribution in [2.45, 2.75) is 13.5 Å². The number of hydrazine groups is 1. The molecular weight excluding hydrogens is 236 g/mol. The molecule has 2 aromatic heterocycles. The lowest BCUT2D eigenvalue weighted by Gasteiger charge is -2.16. The standard InChI is InChI=1S/C10H14N6S/c1-7-14-8(5-17-7)4-16(2)10-3-9(15-11)12-6-13-10/h3,5-6H,4,11H2,1-2H3,(H,12,13,15). The van der Waals surface area contributed by atoms with Crippen LogP contribution in [0.3, 0.4) is 0 Å². The first-order valence-electron chi connectivity index (χ1n) is 5.10. The van der Waals surface area contributed by atoms with E-state index in [1.165, 1.54) is 6.33 Å². The molecule has 0 aliphatic rings. The second-order valence-electron chi connectivity index (χ2n) is 3.62. The summed E-state index contributed by atoms with van der Waals surface area (Å²) in [5, 5.41) is 3.12. The van der Waals surface area contributed by atoms with E-state index in [4.69, 9.17) is 5.84 Å². The van der Waals surface area contributed by atoms with E-state index in [0.717, 1.165) is 16.5 Å². The third kappa shape index (κ3) is 2.89. The van der Waals surface area contributed by atoms with Gasteiger partial charge in [0, 0.05) is 18.5 Å². The number of hydrogen-bond donors (Lipinski definition) is 2. The summed E-state index contributed by atoms with van der Waals surface area (Å²) in [5.41, 5.74) is 3.54. The largest absolute Gasteiger partial charge is 0.354 e. The van der Waals surface area contributed by atoms with Crippen LogP contribution in [0.25, 0.3) is 0 Å². The van der Waals surface area contributed by atoms with Crippen LogP contribution in [0.5, 0.6) is 0 Å². The average molecular weight is 250 g/mol. The van der Waals surface area contributed by atoms with Crippen LogP contribution in [-0.2, 0) is 6.54 Å². The number of anilines is 2. The minimum atomic E-state index is 0.594. The van der Waals surface area contributed by atoms with Gasteiger partial charge in [0.05, 0.1) is 17.2 Å². The van der Waals surface area contributed by atoms with Gasteiger partial charge in [-0.25, -0.2) is 20.8 Å². The van der Waals surface area contributed by atoms with Gasteiger partial charge in [0.25, 0.3) is 0 Å². The van der Waals surface area contributed by atoms with Crippen LogP contribution in [0.4, 0.5) is 11.6 Å². The van der Waals surface area contributed by atoms with E-state index in [1.807, 2.05) is 18.9 Å². The number of nitrogens with zero attached hydrogens (tertiary/aromatic N) is 4. The van der Waals surface area contributed by atoms with E-state index < -0.39 is 0 Å². The molecule has 0 saturated heterocycles. The SMILES string of the molecule is Cc1nc(CN(C)c2cc(NN)ncn2)cs1. The molecule has 0 bridgehead atoms. The van der Waals surface area contributed by atoms with Crippen molar-refractivity contribution in [3.63, 3.8) is 0 Å².